The van der Waals surface area contributed by atoms with Gasteiger partial charge in [-0.15, -0.1) is 0 Å². The molecule has 0 N–H and O–H groups in total. The Morgan fingerprint density at radius 1 is 1.17 bits per heavy atom. The number of aryl methyl sites for hydroxylation is 2. The zero-order valence-corrected chi connectivity index (χ0v) is 13.8. The molecular formula is C15H17N3O4S. The van der Waals surface area contributed by atoms with Gasteiger partial charge in [-0.25, -0.2) is 8.42 Å². The standard InChI is InChI=1S/C15H17N3O4S/c1-10-15(11(2)22-16-10)23(19,20)18-7-6-17-8-9-21-13-5-3-4-12(18)14(13)17/h3-5H,6-9H2,1-2H3. The van der Waals surface area contributed by atoms with Crippen molar-refractivity contribution in [1.29, 1.82) is 0 Å². The second kappa shape index (κ2) is 4.89. The fraction of sp³-hybridized carbons (Fsp3) is 0.400. The van der Waals surface area contributed by atoms with Crippen molar-refractivity contribution < 1.29 is 17.7 Å². The first kappa shape index (κ1) is 14.4. The summed E-state index contributed by atoms with van der Waals surface area (Å²) in [7, 11) is -3.72. The average Bonchev–Trinajstić information content (AvgIpc) is 2.87. The van der Waals surface area contributed by atoms with Crippen LogP contribution in [-0.4, -0.2) is 39.8 Å². The van der Waals surface area contributed by atoms with Crippen molar-refractivity contribution >= 4 is 21.4 Å². The van der Waals surface area contributed by atoms with Crippen LogP contribution in [0.25, 0.3) is 0 Å². The second-order valence-electron chi connectivity index (χ2n) is 5.69. The molecule has 3 heterocycles. The van der Waals surface area contributed by atoms with Crippen LogP contribution in [0.5, 0.6) is 5.75 Å². The highest BCUT2D eigenvalue weighted by molar-refractivity contribution is 7.93. The van der Waals surface area contributed by atoms with E-state index in [1.54, 1.807) is 13.8 Å². The first-order valence-corrected chi connectivity index (χ1v) is 8.90. The van der Waals surface area contributed by atoms with Crippen molar-refractivity contribution in [2.24, 2.45) is 0 Å². The number of hydrogen-bond acceptors (Lipinski definition) is 6. The van der Waals surface area contributed by atoms with Crippen LogP contribution in [-0.2, 0) is 10.0 Å². The molecule has 23 heavy (non-hydrogen) atoms. The van der Waals surface area contributed by atoms with Crippen molar-refractivity contribution in [2.75, 3.05) is 35.4 Å². The Morgan fingerprint density at radius 3 is 2.74 bits per heavy atom. The summed E-state index contributed by atoms with van der Waals surface area (Å²) in [5, 5.41) is 3.78. The van der Waals surface area contributed by atoms with Gasteiger partial charge in [0.15, 0.2) is 10.7 Å². The number of aromatic nitrogens is 1. The van der Waals surface area contributed by atoms with Crippen LogP contribution >= 0.6 is 0 Å². The first-order chi connectivity index (χ1) is 11.0. The van der Waals surface area contributed by atoms with E-state index in [0.717, 1.165) is 18.0 Å². The van der Waals surface area contributed by atoms with Gasteiger partial charge in [-0.1, -0.05) is 11.2 Å². The first-order valence-electron chi connectivity index (χ1n) is 7.46. The zero-order valence-electron chi connectivity index (χ0n) is 12.9. The molecule has 0 radical (unpaired) electrons. The molecule has 8 heteroatoms. The number of sulfonamides is 1. The maximum Gasteiger partial charge on any atom is 0.269 e. The van der Waals surface area contributed by atoms with Gasteiger partial charge in [-0.2, -0.15) is 0 Å². The highest BCUT2D eigenvalue weighted by Gasteiger charge is 2.37. The predicted molar refractivity (Wildman–Crippen MR) is 84.7 cm³/mol. The summed E-state index contributed by atoms with van der Waals surface area (Å²) in [6.45, 7) is 5.67. The quantitative estimate of drug-likeness (QED) is 0.831. The maximum atomic E-state index is 13.1. The Morgan fingerprint density at radius 2 is 2.00 bits per heavy atom. The Bertz CT molecular complexity index is 855. The molecule has 2 aliphatic rings. The number of nitrogens with zero attached hydrogens (tertiary/aromatic N) is 3. The Balaban J connectivity index is 1.88. The number of benzene rings is 1. The molecule has 0 amide bonds. The highest BCUT2D eigenvalue weighted by Crippen LogP contribution is 2.44. The summed E-state index contributed by atoms with van der Waals surface area (Å²) < 4.78 is 38.4. The summed E-state index contributed by atoms with van der Waals surface area (Å²) in [4.78, 5) is 2.33. The molecule has 2 aromatic rings. The Kier molecular flexibility index (Phi) is 3.06. The summed E-state index contributed by atoms with van der Waals surface area (Å²) in [5.74, 6) is 1.04. The van der Waals surface area contributed by atoms with Gasteiger partial charge in [-0.3, -0.25) is 4.31 Å². The molecular weight excluding hydrogens is 318 g/mol. The third-order valence-corrected chi connectivity index (χ3v) is 6.33. The van der Waals surface area contributed by atoms with E-state index in [0.29, 0.717) is 36.8 Å². The van der Waals surface area contributed by atoms with Crippen molar-refractivity contribution in [3.8, 4) is 5.75 Å². The predicted octanol–water partition coefficient (Wildman–Crippen LogP) is 1.70. The van der Waals surface area contributed by atoms with E-state index in [1.165, 1.54) is 4.31 Å². The van der Waals surface area contributed by atoms with Crippen LogP contribution in [0.1, 0.15) is 11.5 Å². The van der Waals surface area contributed by atoms with Crippen LogP contribution in [0.4, 0.5) is 11.4 Å². The maximum absolute atomic E-state index is 13.1. The minimum atomic E-state index is -3.72. The molecule has 1 aromatic carbocycles. The SMILES string of the molecule is Cc1noc(C)c1S(=O)(=O)N1CCN2CCOc3cccc1c32. The molecule has 0 unspecified atom stereocenters. The number of rotatable bonds is 2. The van der Waals surface area contributed by atoms with Gasteiger partial charge in [0.2, 0.25) is 0 Å². The van der Waals surface area contributed by atoms with Crippen molar-refractivity contribution in [2.45, 2.75) is 18.7 Å². The number of ether oxygens (including phenoxy) is 1. The molecule has 0 fully saturated rings. The van der Waals surface area contributed by atoms with Crippen molar-refractivity contribution in [3.63, 3.8) is 0 Å². The lowest BCUT2D eigenvalue weighted by atomic mass is 10.1. The van der Waals surface area contributed by atoms with Crippen LogP contribution in [0.15, 0.2) is 27.6 Å². The van der Waals surface area contributed by atoms with Gasteiger partial charge < -0.3 is 14.2 Å². The van der Waals surface area contributed by atoms with Crippen molar-refractivity contribution in [1.82, 2.24) is 5.16 Å². The lowest BCUT2D eigenvalue weighted by molar-refractivity contribution is 0.307. The van der Waals surface area contributed by atoms with Gasteiger partial charge in [-0.05, 0) is 26.0 Å². The van der Waals surface area contributed by atoms with Crippen LogP contribution in [0.3, 0.4) is 0 Å². The fourth-order valence-electron chi connectivity index (χ4n) is 3.28. The molecule has 7 nitrogen and oxygen atoms in total. The summed E-state index contributed by atoms with van der Waals surface area (Å²) in [6.07, 6.45) is 0. The lowest BCUT2D eigenvalue weighted by Gasteiger charge is -2.41. The van der Waals surface area contributed by atoms with Crippen LogP contribution in [0, 0.1) is 13.8 Å². The lowest BCUT2D eigenvalue weighted by Crippen LogP contribution is -2.47. The molecule has 0 aliphatic carbocycles. The van der Waals surface area contributed by atoms with Gasteiger partial charge in [0.1, 0.15) is 23.7 Å². The van der Waals surface area contributed by atoms with E-state index in [9.17, 15) is 8.42 Å². The van der Waals surface area contributed by atoms with E-state index >= 15 is 0 Å². The van der Waals surface area contributed by atoms with E-state index in [4.69, 9.17) is 9.26 Å². The van der Waals surface area contributed by atoms with Crippen LogP contribution < -0.4 is 13.9 Å². The molecule has 122 valence electrons. The molecule has 0 saturated carbocycles. The third kappa shape index (κ3) is 2.01. The number of hydrogen-bond donors (Lipinski definition) is 0. The molecule has 0 spiro atoms. The zero-order chi connectivity index (χ0) is 16.2. The van der Waals surface area contributed by atoms with E-state index < -0.39 is 10.0 Å². The van der Waals surface area contributed by atoms with Gasteiger partial charge in [0, 0.05) is 6.54 Å². The monoisotopic (exact) mass is 335 g/mol. The molecule has 4 rings (SSSR count). The summed E-state index contributed by atoms with van der Waals surface area (Å²) >= 11 is 0. The van der Waals surface area contributed by atoms with Crippen LogP contribution in [0.2, 0.25) is 0 Å². The van der Waals surface area contributed by atoms with Gasteiger partial charge in [0.05, 0.1) is 18.8 Å². The second-order valence-corrected chi connectivity index (χ2v) is 7.49. The molecule has 0 saturated heterocycles. The topological polar surface area (TPSA) is 75.9 Å². The third-order valence-electron chi connectivity index (χ3n) is 4.27. The normalized spacial score (nSPS) is 17.0. The minimum absolute atomic E-state index is 0.153. The Labute approximate surface area is 134 Å². The highest BCUT2D eigenvalue weighted by atomic mass is 32.2. The molecule has 0 atom stereocenters. The minimum Gasteiger partial charge on any atom is -0.489 e. The fourth-order valence-corrected chi connectivity index (χ4v) is 5.04. The molecule has 1 aromatic heterocycles. The number of anilines is 2. The van der Waals surface area contributed by atoms with E-state index in [2.05, 4.69) is 10.1 Å². The largest absolute Gasteiger partial charge is 0.489 e. The van der Waals surface area contributed by atoms with Gasteiger partial charge >= 0.3 is 0 Å². The van der Waals surface area contributed by atoms with E-state index in [1.807, 2.05) is 18.2 Å². The molecule has 2 aliphatic heterocycles. The summed E-state index contributed by atoms with van der Waals surface area (Å²) in [5.41, 5.74) is 1.87. The van der Waals surface area contributed by atoms with E-state index in [-0.39, 0.29) is 4.90 Å². The average molecular weight is 335 g/mol. The van der Waals surface area contributed by atoms with Crippen molar-refractivity contribution in [3.05, 3.63) is 29.7 Å². The smallest absolute Gasteiger partial charge is 0.269 e. The summed E-state index contributed by atoms with van der Waals surface area (Å²) in [6, 6.07) is 5.51. The Hall–Kier alpha value is -2.22. The number of para-hydroxylation sites is 1. The van der Waals surface area contributed by atoms with Gasteiger partial charge in [0.25, 0.3) is 10.0 Å². The molecule has 0 bridgehead atoms.